The number of carbonyl (C=O) groups excluding carboxylic acids is 1. The standard InChI is InChI=1S/C11H20N2O5/c1-3-18-7-4-5-12-9(7)10(15)13-8(6(2)14)11(16)17/h6-9,12,14H,3-5H2,1-2H3,(H,13,15)(H,16,17)/t6-,7+,8+,9+/m1/s1. The fourth-order valence-electron chi connectivity index (χ4n) is 1.97. The Labute approximate surface area is 106 Å². The number of aliphatic hydroxyl groups is 1. The van der Waals surface area contributed by atoms with Crippen molar-refractivity contribution in [2.75, 3.05) is 13.2 Å². The third-order valence-corrected chi connectivity index (χ3v) is 2.87. The molecule has 0 bridgehead atoms. The summed E-state index contributed by atoms with van der Waals surface area (Å²) in [5.41, 5.74) is 0. The van der Waals surface area contributed by atoms with E-state index in [4.69, 9.17) is 9.84 Å². The largest absolute Gasteiger partial charge is 0.480 e. The maximum atomic E-state index is 11.9. The van der Waals surface area contributed by atoms with Crippen LogP contribution in [0.1, 0.15) is 20.3 Å². The number of nitrogens with one attached hydrogen (secondary N) is 2. The molecule has 0 aromatic heterocycles. The van der Waals surface area contributed by atoms with Crippen LogP contribution in [0.25, 0.3) is 0 Å². The summed E-state index contributed by atoms with van der Waals surface area (Å²) in [6, 6.07) is -1.87. The molecule has 0 spiro atoms. The molecule has 1 aliphatic heterocycles. The number of aliphatic carboxylic acids is 1. The molecule has 0 aliphatic carbocycles. The molecule has 1 aliphatic rings. The summed E-state index contributed by atoms with van der Waals surface area (Å²) in [7, 11) is 0. The summed E-state index contributed by atoms with van der Waals surface area (Å²) >= 11 is 0. The number of carboxylic acids is 1. The Kier molecular flexibility index (Phi) is 5.52. The smallest absolute Gasteiger partial charge is 0.328 e. The highest BCUT2D eigenvalue weighted by molar-refractivity contribution is 5.87. The van der Waals surface area contributed by atoms with Crippen molar-refractivity contribution in [2.24, 2.45) is 0 Å². The summed E-state index contributed by atoms with van der Waals surface area (Å²) in [6.07, 6.45) is -0.699. The van der Waals surface area contributed by atoms with Gasteiger partial charge in [0.1, 0.15) is 6.04 Å². The molecule has 0 radical (unpaired) electrons. The van der Waals surface area contributed by atoms with Crippen LogP contribution < -0.4 is 10.6 Å². The molecule has 1 amide bonds. The molecule has 1 heterocycles. The van der Waals surface area contributed by atoms with Crippen molar-refractivity contribution < 1.29 is 24.5 Å². The van der Waals surface area contributed by atoms with Gasteiger partial charge in [-0.1, -0.05) is 0 Å². The van der Waals surface area contributed by atoms with Gasteiger partial charge in [0.2, 0.25) is 5.91 Å². The van der Waals surface area contributed by atoms with Crippen LogP contribution in [0, 0.1) is 0 Å². The molecule has 0 unspecified atom stereocenters. The van der Waals surface area contributed by atoms with Crippen molar-refractivity contribution in [3.63, 3.8) is 0 Å². The summed E-state index contributed by atoms with van der Waals surface area (Å²) in [5.74, 6) is -1.72. The monoisotopic (exact) mass is 260 g/mol. The Hall–Kier alpha value is -1.18. The first-order valence-corrected chi connectivity index (χ1v) is 6.03. The van der Waals surface area contributed by atoms with Crippen LogP contribution in [0.4, 0.5) is 0 Å². The van der Waals surface area contributed by atoms with Gasteiger partial charge >= 0.3 is 5.97 Å². The lowest BCUT2D eigenvalue weighted by atomic mass is 10.1. The van der Waals surface area contributed by atoms with Gasteiger partial charge in [-0.15, -0.1) is 0 Å². The first-order chi connectivity index (χ1) is 8.47. The van der Waals surface area contributed by atoms with Crippen molar-refractivity contribution in [3.8, 4) is 0 Å². The number of amides is 1. The van der Waals surface area contributed by atoms with Gasteiger partial charge in [0.05, 0.1) is 12.2 Å². The number of carbonyl (C=O) groups is 2. The zero-order valence-corrected chi connectivity index (χ0v) is 10.5. The van der Waals surface area contributed by atoms with Crippen LogP contribution in [0.2, 0.25) is 0 Å². The van der Waals surface area contributed by atoms with Gasteiger partial charge in [-0.2, -0.15) is 0 Å². The third kappa shape index (κ3) is 3.66. The summed E-state index contributed by atoms with van der Waals surface area (Å²) in [5, 5.41) is 23.5. The Morgan fingerprint density at radius 2 is 2.22 bits per heavy atom. The molecule has 1 fully saturated rings. The fourth-order valence-corrected chi connectivity index (χ4v) is 1.97. The second kappa shape index (κ2) is 6.67. The van der Waals surface area contributed by atoms with Crippen molar-refractivity contribution >= 4 is 11.9 Å². The molecule has 7 heteroatoms. The van der Waals surface area contributed by atoms with Crippen LogP contribution in [0.15, 0.2) is 0 Å². The van der Waals surface area contributed by atoms with Crippen LogP contribution in [0.3, 0.4) is 0 Å². The maximum Gasteiger partial charge on any atom is 0.328 e. The second-order valence-electron chi connectivity index (χ2n) is 4.28. The molecular weight excluding hydrogens is 240 g/mol. The van der Waals surface area contributed by atoms with Gasteiger partial charge in [-0.05, 0) is 26.8 Å². The summed E-state index contributed by atoms with van der Waals surface area (Å²) in [4.78, 5) is 22.8. The lowest BCUT2D eigenvalue weighted by molar-refractivity contribution is -0.145. The van der Waals surface area contributed by atoms with E-state index in [1.54, 1.807) is 0 Å². The first kappa shape index (κ1) is 14.9. The van der Waals surface area contributed by atoms with E-state index in [2.05, 4.69) is 10.6 Å². The average molecular weight is 260 g/mol. The topological polar surface area (TPSA) is 108 Å². The van der Waals surface area contributed by atoms with E-state index in [0.29, 0.717) is 19.6 Å². The highest BCUT2D eigenvalue weighted by Crippen LogP contribution is 2.12. The number of rotatable bonds is 6. The minimum absolute atomic E-state index is 0.251. The van der Waals surface area contributed by atoms with Gasteiger partial charge < -0.3 is 25.6 Å². The molecule has 104 valence electrons. The van der Waals surface area contributed by atoms with Crippen LogP contribution >= 0.6 is 0 Å². The summed E-state index contributed by atoms with van der Waals surface area (Å²) < 4.78 is 5.41. The predicted octanol–water partition coefficient (Wildman–Crippen LogP) is -1.30. The molecule has 1 saturated heterocycles. The zero-order chi connectivity index (χ0) is 13.7. The van der Waals surface area contributed by atoms with Crippen molar-refractivity contribution in [3.05, 3.63) is 0 Å². The molecule has 4 N–H and O–H groups in total. The average Bonchev–Trinajstić information content (AvgIpc) is 2.73. The molecule has 1 rings (SSSR count). The van der Waals surface area contributed by atoms with E-state index in [1.807, 2.05) is 6.92 Å². The van der Waals surface area contributed by atoms with Gasteiger partial charge in [0, 0.05) is 6.61 Å². The number of hydrogen-bond donors (Lipinski definition) is 4. The lowest BCUT2D eigenvalue weighted by Crippen LogP contribution is -2.55. The van der Waals surface area contributed by atoms with Crippen molar-refractivity contribution in [1.29, 1.82) is 0 Å². The fraction of sp³-hybridized carbons (Fsp3) is 0.818. The number of hydrogen-bond acceptors (Lipinski definition) is 5. The van der Waals surface area contributed by atoms with Gasteiger partial charge in [0.15, 0.2) is 6.04 Å². The quantitative estimate of drug-likeness (QED) is 0.473. The molecule has 18 heavy (non-hydrogen) atoms. The second-order valence-corrected chi connectivity index (χ2v) is 4.28. The lowest BCUT2D eigenvalue weighted by Gasteiger charge is -2.22. The van der Waals surface area contributed by atoms with Gasteiger partial charge in [0.25, 0.3) is 0 Å². The zero-order valence-electron chi connectivity index (χ0n) is 10.5. The first-order valence-electron chi connectivity index (χ1n) is 6.03. The molecule has 4 atom stereocenters. The van der Waals surface area contributed by atoms with Crippen LogP contribution in [-0.2, 0) is 14.3 Å². The number of aliphatic hydroxyl groups excluding tert-OH is 1. The van der Waals surface area contributed by atoms with E-state index in [9.17, 15) is 14.7 Å². The molecule has 0 aromatic carbocycles. The normalized spacial score (nSPS) is 26.6. The minimum atomic E-state index is -1.30. The molecule has 0 saturated carbocycles. The number of carboxylic acid groups (broad SMARTS) is 1. The predicted molar refractivity (Wildman–Crippen MR) is 63.1 cm³/mol. The van der Waals surface area contributed by atoms with E-state index < -0.39 is 30.1 Å². The van der Waals surface area contributed by atoms with Crippen LogP contribution in [0.5, 0.6) is 0 Å². The third-order valence-electron chi connectivity index (χ3n) is 2.87. The minimum Gasteiger partial charge on any atom is -0.480 e. The molecular formula is C11H20N2O5. The molecule has 0 aromatic rings. The van der Waals surface area contributed by atoms with E-state index >= 15 is 0 Å². The van der Waals surface area contributed by atoms with Crippen LogP contribution in [-0.4, -0.2) is 59.5 Å². The van der Waals surface area contributed by atoms with Gasteiger partial charge in [-0.3, -0.25) is 4.79 Å². The Morgan fingerprint density at radius 3 is 2.72 bits per heavy atom. The van der Waals surface area contributed by atoms with Crippen molar-refractivity contribution in [2.45, 2.75) is 44.6 Å². The van der Waals surface area contributed by atoms with E-state index in [-0.39, 0.29) is 6.10 Å². The highest BCUT2D eigenvalue weighted by Gasteiger charge is 2.36. The van der Waals surface area contributed by atoms with Gasteiger partial charge in [-0.25, -0.2) is 4.79 Å². The summed E-state index contributed by atoms with van der Waals surface area (Å²) in [6.45, 7) is 4.30. The maximum absolute atomic E-state index is 11.9. The Balaban J connectivity index is 2.60. The SMILES string of the molecule is CCO[C@H]1CCN[C@@H]1C(=O)N[C@H](C(=O)O)[C@@H](C)O. The van der Waals surface area contributed by atoms with E-state index in [0.717, 1.165) is 0 Å². The Bertz CT molecular complexity index is 308. The Morgan fingerprint density at radius 1 is 1.56 bits per heavy atom. The molecule has 7 nitrogen and oxygen atoms in total. The highest BCUT2D eigenvalue weighted by atomic mass is 16.5. The van der Waals surface area contributed by atoms with E-state index in [1.165, 1.54) is 6.92 Å². The van der Waals surface area contributed by atoms with Crippen molar-refractivity contribution in [1.82, 2.24) is 10.6 Å². The number of ether oxygens (including phenoxy) is 1.